The molecule has 278 valence electrons. The van der Waals surface area contributed by atoms with Crippen LogP contribution in [-0.4, -0.2) is 25.2 Å². The average Bonchev–Trinajstić information content (AvgIpc) is 3.09. The summed E-state index contributed by atoms with van der Waals surface area (Å²) >= 11 is 0. The van der Waals surface area contributed by atoms with E-state index in [0.29, 0.717) is 26.1 Å². The van der Waals surface area contributed by atoms with E-state index in [0.717, 1.165) is 89.9 Å². The van der Waals surface area contributed by atoms with E-state index in [2.05, 4.69) is 62.5 Å². The van der Waals surface area contributed by atoms with Gasteiger partial charge in [-0.2, -0.15) is 0 Å². The molecule has 0 saturated heterocycles. The van der Waals surface area contributed by atoms with E-state index in [1.807, 2.05) is 0 Å². The Bertz CT molecular complexity index is 728. The zero-order valence-corrected chi connectivity index (χ0v) is 31.9. The Hall–Kier alpha value is -2.10. The van der Waals surface area contributed by atoms with Gasteiger partial charge in [-0.3, -0.25) is 9.59 Å². The van der Waals surface area contributed by atoms with Gasteiger partial charge in [-0.05, 0) is 89.9 Å². The van der Waals surface area contributed by atoms with Crippen molar-refractivity contribution < 1.29 is 19.1 Å². The molecule has 0 aromatic carbocycles. The van der Waals surface area contributed by atoms with Crippen LogP contribution in [0.15, 0.2) is 48.6 Å². The van der Waals surface area contributed by atoms with Gasteiger partial charge in [-0.25, -0.2) is 0 Å². The van der Waals surface area contributed by atoms with Gasteiger partial charge in [-0.15, -0.1) is 0 Å². The van der Waals surface area contributed by atoms with Gasteiger partial charge in [0.05, 0.1) is 13.2 Å². The second-order valence-corrected chi connectivity index (χ2v) is 13.5. The van der Waals surface area contributed by atoms with Crippen molar-refractivity contribution in [3.63, 3.8) is 0 Å². The average molecular weight is 671 g/mol. The van der Waals surface area contributed by atoms with Crippen LogP contribution in [0.25, 0.3) is 0 Å². The van der Waals surface area contributed by atoms with Crippen molar-refractivity contribution in [1.82, 2.24) is 0 Å². The summed E-state index contributed by atoms with van der Waals surface area (Å²) in [7, 11) is 0. The molecule has 4 nitrogen and oxygen atoms in total. The molecule has 0 aliphatic rings. The van der Waals surface area contributed by atoms with Gasteiger partial charge in [0, 0.05) is 12.8 Å². The van der Waals surface area contributed by atoms with E-state index >= 15 is 0 Å². The lowest BCUT2D eigenvalue weighted by molar-refractivity contribution is -0.144. The summed E-state index contributed by atoms with van der Waals surface area (Å²) in [5, 5.41) is 0. The molecule has 0 aliphatic carbocycles. The number of allylic oxidation sites excluding steroid dienone is 8. The van der Waals surface area contributed by atoms with Crippen LogP contribution in [0, 0.1) is 0 Å². The fraction of sp³-hybridized carbons (Fsp3) is 0.773. The number of ether oxygens (including phenoxy) is 2. The maximum Gasteiger partial charge on any atom is 0.305 e. The normalized spacial score (nSPS) is 12.0. The summed E-state index contributed by atoms with van der Waals surface area (Å²) in [6, 6.07) is 0. The molecule has 4 heteroatoms. The molecule has 0 amide bonds. The molecule has 0 atom stereocenters. The molecule has 0 aliphatic heterocycles. The minimum atomic E-state index is -0.0395. The molecule has 0 unspecified atom stereocenters. The van der Waals surface area contributed by atoms with Crippen LogP contribution in [0.5, 0.6) is 0 Å². The monoisotopic (exact) mass is 671 g/mol. The number of carbonyl (C=O) groups is 2. The lowest BCUT2D eigenvalue weighted by Crippen LogP contribution is -2.06. The molecule has 0 spiro atoms. The summed E-state index contributed by atoms with van der Waals surface area (Å²) in [4.78, 5) is 23.9. The molecular weight excluding hydrogens is 592 g/mol. The third-order valence-corrected chi connectivity index (χ3v) is 8.73. The summed E-state index contributed by atoms with van der Waals surface area (Å²) in [5.74, 6) is -0.0791. The van der Waals surface area contributed by atoms with Crippen molar-refractivity contribution in [1.29, 1.82) is 0 Å². The third kappa shape index (κ3) is 40.1. The van der Waals surface area contributed by atoms with Crippen LogP contribution >= 0.6 is 0 Å². The van der Waals surface area contributed by atoms with Gasteiger partial charge in [-0.1, -0.05) is 152 Å². The standard InChI is InChI=1S/C44H78O4/c1-3-5-7-9-11-13-15-17-19-21-23-25-27-31-35-39-43(45)47-41-37-33-29-30-34-38-42-48-44(46)40-36-32-28-26-24-22-20-18-16-14-12-10-8-6-4-2/h11-14,17-20H,3-10,15-16,21-42H2,1-2H3. The first-order valence-electron chi connectivity index (χ1n) is 20.6. The Balaban J connectivity index is 3.33. The largest absolute Gasteiger partial charge is 0.466 e. The molecule has 0 fully saturated rings. The predicted molar refractivity (Wildman–Crippen MR) is 208 cm³/mol. The first kappa shape index (κ1) is 45.9. The Morgan fingerprint density at radius 3 is 1.00 bits per heavy atom. The van der Waals surface area contributed by atoms with E-state index in [-0.39, 0.29) is 11.9 Å². The fourth-order valence-corrected chi connectivity index (χ4v) is 5.59. The van der Waals surface area contributed by atoms with Crippen LogP contribution in [-0.2, 0) is 19.1 Å². The number of unbranched alkanes of at least 4 members (excludes halogenated alkanes) is 21. The summed E-state index contributed by atoms with van der Waals surface area (Å²) in [6.45, 7) is 5.59. The van der Waals surface area contributed by atoms with Gasteiger partial charge >= 0.3 is 11.9 Å². The molecule has 0 N–H and O–H groups in total. The van der Waals surface area contributed by atoms with Crippen molar-refractivity contribution >= 4 is 11.9 Å². The van der Waals surface area contributed by atoms with Crippen molar-refractivity contribution in [2.24, 2.45) is 0 Å². The molecule has 48 heavy (non-hydrogen) atoms. The van der Waals surface area contributed by atoms with Gasteiger partial charge < -0.3 is 9.47 Å². The summed E-state index contributed by atoms with van der Waals surface area (Å²) in [6.07, 6.45) is 52.1. The molecule has 0 saturated carbocycles. The van der Waals surface area contributed by atoms with E-state index in [1.165, 1.54) is 89.9 Å². The lowest BCUT2D eigenvalue weighted by Gasteiger charge is -2.06. The minimum absolute atomic E-state index is 0.0395. The first-order chi connectivity index (χ1) is 23.7. The fourth-order valence-electron chi connectivity index (χ4n) is 5.59. The third-order valence-electron chi connectivity index (χ3n) is 8.73. The zero-order valence-electron chi connectivity index (χ0n) is 31.9. The Morgan fingerprint density at radius 2 is 0.646 bits per heavy atom. The zero-order chi connectivity index (χ0) is 34.9. The predicted octanol–water partition coefficient (Wildman–Crippen LogP) is 14.0. The Morgan fingerprint density at radius 1 is 0.354 bits per heavy atom. The molecular formula is C44H78O4. The highest BCUT2D eigenvalue weighted by molar-refractivity contribution is 5.69. The highest BCUT2D eigenvalue weighted by Gasteiger charge is 2.04. The highest BCUT2D eigenvalue weighted by Crippen LogP contribution is 2.11. The number of esters is 2. The van der Waals surface area contributed by atoms with Gasteiger partial charge in [0.25, 0.3) is 0 Å². The van der Waals surface area contributed by atoms with E-state index < -0.39 is 0 Å². The molecule has 0 heterocycles. The first-order valence-corrected chi connectivity index (χ1v) is 20.6. The molecule has 0 aromatic heterocycles. The van der Waals surface area contributed by atoms with Crippen molar-refractivity contribution in [2.75, 3.05) is 13.2 Å². The molecule has 0 bridgehead atoms. The SMILES string of the molecule is CCCCCC=CCC=CCCCCCCCC(=O)OCCCCCCCCOC(=O)CCCCCCCC=CCC=CCCCCC. The minimum Gasteiger partial charge on any atom is -0.466 e. The summed E-state index contributed by atoms with van der Waals surface area (Å²) < 4.78 is 10.8. The maximum absolute atomic E-state index is 12.0. The summed E-state index contributed by atoms with van der Waals surface area (Å²) in [5.41, 5.74) is 0. The van der Waals surface area contributed by atoms with Gasteiger partial charge in [0.2, 0.25) is 0 Å². The molecule has 0 rings (SSSR count). The van der Waals surface area contributed by atoms with Crippen molar-refractivity contribution in [2.45, 2.75) is 206 Å². The number of hydrogen-bond donors (Lipinski definition) is 0. The van der Waals surface area contributed by atoms with Crippen LogP contribution in [0.2, 0.25) is 0 Å². The second kappa shape index (κ2) is 41.1. The topological polar surface area (TPSA) is 52.6 Å². The maximum atomic E-state index is 12.0. The van der Waals surface area contributed by atoms with E-state index in [4.69, 9.17) is 9.47 Å². The van der Waals surface area contributed by atoms with Crippen LogP contribution in [0.3, 0.4) is 0 Å². The Kier molecular flexibility index (Phi) is 39.3. The van der Waals surface area contributed by atoms with E-state index in [9.17, 15) is 9.59 Å². The highest BCUT2D eigenvalue weighted by atomic mass is 16.5. The van der Waals surface area contributed by atoms with E-state index in [1.54, 1.807) is 0 Å². The quantitative estimate of drug-likeness (QED) is 0.0375. The van der Waals surface area contributed by atoms with Crippen molar-refractivity contribution in [3.8, 4) is 0 Å². The lowest BCUT2D eigenvalue weighted by atomic mass is 10.1. The Labute approximate surface area is 298 Å². The molecule has 0 aromatic rings. The second-order valence-electron chi connectivity index (χ2n) is 13.5. The smallest absolute Gasteiger partial charge is 0.305 e. The van der Waals surface area contributed by atoms with Crippen LogP contribution < -0.4 is 0 Å². The number of rotatable bonds is 37. The van der Waals surface area contributed by atoms with Gasteiger partial charge in [0.15, 0.2) is 0 Å². The number of hydrogen-bond acceptors (Lipinski definition) is 4. The molecule has 0 radical (unpaired) electrons. The van der Waals surface area contributed by atoms with Crippen molar-refractivity contribution in [3.05, 3.63) is 48.6 Å². The van der Waals surface area contributed by atoms with Crippen LogP contribution in [0.4, 0.5) is 0 Å². The van der Waals surface area contributed by atoms with Gasteiger partial charge in [0.1, 0.15) is 0 Å². The van der Waals surface area contributed by atoms with Crippen LogP contribution in [0.1, 0.15) is 206 Å². The number of carbonyl (C=O) groups excluding carboxylic acids is 2.